The number of aromatic nitrogens is 2. The first-order valence-corrected chi connectivity index (χ1v) is 5.37. The highest BCUT2D eigenvalue weighted by molar-refractivity contribution is 6.36. The number of nitrogen functional groups attached to an aromatic ring is 1. The lowest BCUT2D eigenvalue weighted by Gasteiger charge is -2.17. The molecule has 0 unspecified atom stereocenters. The fourth-order valence-electron chi connectivity index (χ4n) is 1.23. The molecule has 1 heterocycles. The smallest absolute Gasteiger partial charge is 0.199 e. The molecule has 94 valence electrons. The van der Waals surface area contributed by atoms with Crippen molar-refractivity contribution in [2.24, 2.45) is 0 Å². The van der Waals surface area contributed by atoms with Crippen LogP contribution in [0.5, 0.6) is 0 Å². The molecule has 0 fully saturated rings. The molecule has 1 aromatic heterocycles. The van der Waals surface area contributed by atoms with Gasteiger partial charge in [-0.2, -0.15) is 0 Å². The first kappa shape index (κ1) is 12.6. The molecule has 0 aliphatic carbocycles. The number of nitrogens with zero attached hydrogens (tertiary/aromatic N) is 3. The molecule has 18 heavy (non-hydrogen) atoms. The minimum atomic E-state index is -0.432. The van der Waals surface area contributed by atoms with Gasteiger partial charge in [-0.15, -0.1) is 0 Å². The third kappa shape index (κ3) is 2.23. The summed E-state index contributed by atoms with van der Waals surface area (Å²) in [6.45, 7) is 0. The van der Waals surface area contributed by atoms with E-state index in [9.17, 15) is 5.21 Å². The van der Waals surface area contributed by atoms with Crippen molar-refractivity contribution in [1.82, 2.24) is 10.3 Å². The van der Waals surface area contributed by atoms with Crippen molar-refractivity contribution in [3.05, 3.63) is 33.9 Å². The fourth-order valence-corrected chi connectivity index (χ4v) is 1.59. The molecule has 0 aliphatic rings. The molecular formula is C9H7Cl2N5O2. The van der Waals surface area contributed by atoms with Crippen LogP contribution in [0.25, 0.3) is 0 Å². The summed E-state index contributed by atoms with van der Waals surface area (Å²) in [5.41, 5.74) is 5.44. The van der Waals surface area contributed by atoms with E-state index in [0.717, 1.165) is 0 Å². The molecule has 2 rings (SSSR count). The summed E-state index contributed by atoms with van der Waals surface area (Å²) < 4.78 is 4.34. The number of nitrogens with one attached hydrogen (secondary N) is 1. The van der Waals surface area contributed by atoms with Crippen molar-refractivity contribution >= 4 is 40.5 Å². The number of benzene rings is 1. The number of halogens is 2. The molecule has 0 saturated heterocycles. The Kier molecular flexibility index (Phi) is 3.37. The lowest BCUT2D eigenvalue weighted by molar-refractivity contribution is 0.301. The number of rotatable bonds is 2. The normalized spacial score (nSPS) is 10.4. The summed E-state index contributed by atoms with van der Waals surface area (Å²) in [5, 5.41) is 25.4. The first-order chi connectivity index (χ1) is 8.50. The zero-order valence-corrected chi connectivity index (χ0v) is 10.3. The monoisotopic (exact) mass is 287 g/mol. The summed E-state index contributed by atoms with van der Waals surface area (Å²) in [6.07, 6.45) is 0. The second-order valence-electron chi connectivity index (χ2n) is 3.25. The molecule has 0 bridgehead atoms. The van der Waals surface area contributed by atoms with Crippen molar-refractivity contribution in [2.45, 2.75) is 0 Å². The Hall–Kier alpha value is -1.83. The third-order valence-electron chi connectivity index (χ3n) is 2.09. The Morgan fingerprint density at radius 1 is 1.39 bits per heavy atom. The molecule has 1 aromatic carbocycles. The van der Waals surface area contributed by atoms with Crippen molar-refractivity contribution in [3.63, 3.8) is 0 Å². The molecule has 2 aromatic rings. The van der Waals surface area contributed by atoms with Gasteiger partial charge >= 0.3 is 0 Å². The van der Waals surface area contributed by atoms with Gasteiger partial charge in [-0.1, -0.05) is 23.2 Å². The van der Waals surface area contributed by atoms with Gasteiger partial charge in [-0.3, -0.25) is 10.6 Å². The van der Waals surface area contributed by atoms with Crippen LogP contribution >= 0.6 is 23.2 Å². The number of hydrogen-bond donors (Lipinski definition) is 3. The van der Waals surface area contributed by atoms with E-state index >= 15 is 0 Å². The Morgan fingerprint density at radius 2 is 2.11 bits per heavy atom. The summed E-state index contributed by atoms with van der Waals surface area (Å²) in [4.78, 5) is 0. The SMILES string of the molecule is N=C(c1nonc1N)N(O)c1cc(Cl)ccc1Cl. The number of anilines is 2. The lowest BCUT2D eigenvalue weighted by Crippen LogP contribution is -2.28. The van der Waals surface area contributed by atoms with Crippen LogP contribution in [0.1, 0.15) is 5.69 Å². The highest BCUT2D eigenvalue weighted by Gasteiger charge is 2.21. The number of nitrogens with two attached hydrogens (primary N) is 1. The van der Waals surface area contributed by atoms with Crippen molar-refractivity contribution in [3.8, 4) is 0 Å². The van der Waals surface area contributed by atoms with Crippen LogP contribution in [-0.4, -0.2) is 21.4 Å². The van der Waals surface area contributed by atoms with Crippen molar-refractivity contribution in [2.75, 3.05) is 10.8 Å². The van der Waals surface area contributed by atoms with E-state index in [2.05, 4.69) is 14.9 Å². The molecule has 0 amide bonds. The van der Waals surface area contributed by atoms with Crippen LogP contribution in [0.4, 0.5) is 11.5 Å². The maximum atomic E-state index is 9.89. The Balaban J connectivity index is 2.37. The van der Waals surface area contributed by atoms with E-state index in [1.165, 1.54) is 12.1 Å². The Labute approximate surface area is 111 Å². The van der Waals surface area contributed by atoms with Gasteiger partial charge in [0.05, 0.1) is 10.7 Å². The zero-order valence-electron chi connectivity index (χ0n) is 8.76. The van der Waals surface area contributed by atoms with Gasteiger partial charge in [0.2, 0.25) is 0 Å². The van der Waals surface area contributed by atoms with Crippen LogP contribution in [-0.2, 0) is 0 Å². The van der Waals surface area contributed by atoms with Crippen LogP contribution in [0.15, 0.2) is 22.8 Å². The third-order valence-corrected chi connectivity index (χ3v) is 2.64. The largest absolute Gasteiger partial charge is 0.379 e. The Morgan fingerprint density at radius 3 is 2.72 bits per heavy atom. The van der Waals surface area contributed by atoms with E-state index in [-0.39, 0.29) is 22.2 Å². The van der Waals surface area contributed by atoms with Gasteiger partial charge in [-0.05, 0) is 28.5 Å². The van der Waals surface area contributed by atoms with Crippen LogP contribution in [0.2, 0.25) is 10.0 Å². The number of hydrogen-bond acceptors (Lipinski definition) is 6. The van der Waals surface area contributed by atoms with Crippen molar-refractivity contribution < 1.29 is 9.84 Å². The van der Waals surface area contributed by atoms with E-state index < -0.39 is 5.84 Å². The highest BCUT2D eigenvalue weighted by Crippen LogP contribution is 2.29. The minimum absolute atomic E-state index is 0.103. The second-order valence-corrected chi connectivity index (χ2v) is 4.10. The van der Waals surface area contributed by atoms with Gasteiger partial charge in [0, 0.05) is 5.02 Å². The van der Waals surface area contributed by atoms with E-state index in [4.69, 9.17) is 34.3 Å². The topological polar surface area (TPSA) is 112 Å². The molecule has 0 atom stereocenters. The summed E-state index contributed by atoms with van der Waals surface area (Å²) in [7, 11) is 0. The average molecular weight is 288 g/mol. The molecule has 7 nitrogen and oxygen atoms in total. The Bertz CT molecular complexity index is 600. The second kappa shape index (κ2) is 4.81. The molecule has 4 N–H and O–H groups in total. The molecule has 0 radical (unpaired) electrons. The number of hydroxylamine groups is 1. The number of amidine groups is 1. The maximum Gasteiger partial charge on any atom is 0.199 e. The zero-order chi connectivity index (χ0) is 13.3. The maximum absolute atomic E-state index is 9.89. The quantitative estimate of drug-likeness (QED) is 0.443. The van der Waals surface area contributed by atoms with E-state index in [0.29, 0.717) is 10.1 Å². The highest BCUT2D eigenvalue weighted by atomic mass is 35.5. The molecule has 0 spiro atoms. The van der Waals surface area contributed by atoms with Crippen LogP contribution in [0.3, 0.4) is 0 Å². The fraction of sp³-hybridized carbons (Fsp3) is 0. The van der Waals surface area contributed by atoms with Gasteiger partial charge in [0.1, 0.15) is 0 Å². The predicted molar refractivity (Wildman–Crippen MR) is 66.3 cm³/mol. The van der Waals surface area contributed by atoms with Gasteiger partial charge < -0.3 is 5.73 Å². The molecular weight excluding hydrogens is 281 g/mol. The van der Waals surface area contributed by atoms with E-state index in [1.807, 2.05) is 0 Å². The standard InChI is InChI=1S/C9H7Cl2N5O2/c10-4-1-2-5(11)6(3-4)16(17)9(13)7-8(12)15-18-14-7/h1-3,13,17H,(H2,12,15). The average Bonchev–Trinajstić information content (AvgIpc) is 2.77. The van der Waals surface area contributed by atoms with Gasteiger partial charge in [-0.25, -0.2) is 9.69 Å². The van der Waals surface area contributed by atoms with E-state index in [1.54, 1.807) is 6.07 Å². The first-order valence-electron chi connectivity index (χ1n) is 4.61. The molecule has 9 heteroatoms. The van der Waals surface area contributed by atoms with Crippen LogP contribution in [0, 0.1) is 5.41 Å². The van der Waals surface area contributed by atoms with Crippen LogP contribution < -0.4 is 10.8 Å². The molecule has 0 aliphatic heterocycles. The minimum Gasteiger partial charge on any atom is -0.379 e. The van der Waals surface area contributed by atoms with Crippen molar-refractivity contribution in [1.29, 1.82) is 5.41 Å². The summed E-state index contributed by atoms with van der Waals surface area (Å²) in [5.74, 6) is -0.546. The van der Waals surface area contributed by atoms with Gasteiger partial charge in [0.15, 0.2) is 17.3 Å². The summed E-state index contributed by atoms with van der Waals surface area (Å²) >= 11 is 11.7. The lowest BCUT2D eigenvalue weighted by atomic mass is 10.3. The van der Waals surface area contributed by atoms with Gasteiger partial charge in [0.25, 0.3) is 0 Å². The molecule has 0 saturated carbocycles. The summed E-state index contributed by atoms with van der Waals surface area (Å²) in [6, 6.07) is 4.43. The predicted octanol–water partition coefficient (Wildman–Crippen LogP) is 2.18.